The molecule has 2 amide bonds. The lowest BCUT2D eigenvalue weighted by molar-refractivity contribution is -0.123. The second-order valence-corrected chi connectivity index (χ2v) is 3.69. The molecule has 2 rings (SSSR count). The lowest BCUT2D eigenvalue weighted by Gasteiger charge is -2.08. The van der Waals surface area contributed by atoms with Crippen molar-refractivity contribution in [2.75, 3.05) is 6.61 Å². The van der Waals surface area contributed by atoms with Crippen molar-refractivity contribution in [3.63, 3.8) is 0 Å². The van der Waals surface area contributed by atoms with Crippen molar-refractivity contribution >= 4 is 11.8 Å². The highest BCUT2D eigenvalue weighted by Gasteiger charge is 2.08. The summed E-state index contributed by atoms with van der Waals surface area (Å²) in [5, 5.41) is 0. The normalized spacial score (nSPS) is 9.60. The minimum Gasteiger partial charge on any atom is -0.484 e. The summed E-state index contributed by atoms with van der Waals surface area (Å²) in [4.78, 5) is 30.6. The molecule has 7 nitrogen and oxygen atoms in total. The number of ether oxygens (including phenoxy) is 1. The van der Waals surface area contributed by atoms with Crippen LogP contribution in [0, 0.1) is 0 Å². The van der Waals surface area contributed by atoms with Gasteiger partial charge in [-0.1, -0.05) is 18.2 Å². The third-order valence-electron chi connectivity index (χ3n) is 2.22. The second kappa shape index (κ2) is 6.83. The molecule has 0 aliphatic carbocycles. The van der Waals surface area contributed by atoms with E-state index in [0.29, 0.717) is 5.75 Å². The predicted molar refractivity (Wildman–Crippen MR) is 69.6 cm³/mol. The molecular formula is C13H12N4O3. The number of benzene rings is 1. The summed E-state index contributed by atoms with van der Waals surface area (Å²) >= 11 is 0. The van der Waals surface area contributed by atoms with E-state index in [9.17, 15) is 9.59 Å². The Morgan fingerprint density at radius 3 is 2.60 bits per heavy atom. The van der Waals surface area contributed by atoms with E-state index in [1.54, 1.807) is 24.3 Å². The molecule has 102 valence electrons. The van der Waals surface area contributed by atoms with Crippen LogP contribution in [0.4, 0.5) is 0 Å². The fourth-order valence-electron chi connectivity index (χ4n) is 1.31. The van der Waals surface area contributed by atoms with Crippen LogP contribution in [0.15, 0.2) is 48.9 Å². The zero-order valence-corrected chi connectivity index (χ0v) is 10.4. The van der Waals surface area contributed by atoms with Crippen molar-refractivity contribution in [3.8, 4) is 5.75 Å². The zero-order valence-electron chi connectivity index (χ0n) is 10.4. The van der Waals surface area contributed by atoms with Crippen LogP contribution < -0.4 is 15.6 Å². The lowest BCUT2D eigenvalue weighted by Crippen LogP contribution is -2.44. The Hall–Kier alpha value is -2.96. The number of rotatable bonds is 4. The SMILES string of the molecule is O=C(COc1ccccc1)NNC(=O)c1cnccn1. The van der Waals surface area contributed by atoms with Gasteiger partial charge in [0.2, 0.25) is 0 Å². The first kappa shape index (κ1) is 13.5. The number of hydrazine groups is 1. The molecule has 1 heterocycles. The molecule has 0 bridgehead atoms. The maximum absolute atomic E-state index is 11.6. The Kier molecular flexibility index (Phi) is 4.60. The van der Waals surface area contributed by atoms with Gasteiger partial charge in [-0.2, -0.15) is 0 Å². The first-order chi connectivity index (χ1) is 9.75. The minimum absolute atomic E-state index is 0.108. The molecule has 0 saturated heterocycles. The fraction of sp³-hybridized carbons (Fsp3) is 0.0769. The van der Waals surface area contributed by atoms with Gasteiger partial charge in [-0.25, -0.2) is 4.98 Å². The molecule has 1 aromatic carbocycles. The Bertz CT molecular complexity index is 575. The summed E-state index contributed by atoms with van der Waals surface area (Å²) in [6, 6.07) is 8.89. The largest absolute Gasteiger partial charge is 0.484 e. The summed E-state index contributed by atoms with van der Waals surface area (Å²) in [6.07, 6.45) is 4.13. The Balaban J connectivity index is 1.74. The van der Waals surface area contributed by atoms with Crippen LogP contribution in [0.3, 0.4) is 0 Å². The molecule has 0 spiro atoms. The third-order valence-corrected chi connectivity index (χ3v) is 2.22. The molecule has 2 aromatic rings. The predicted octanol–water partition coefficient (Wildman–Crippen LogP) is 0.317. The van der Waals surface area contributed by atoms with E-state index in [2.05, 4.69) is 20.8 Å². The summed E-state index contributed by atoms with van der Waals surface area (Å²) in [5.41, 5.74) is 4.54. The molecule has 20 heavy (non-hydrogen) atoms. The van der Waals surface area contributed by atoms with Crippen molar-refractivity contribution < 1.29 is 14.3 Å². The Morgan fingerprint density at radius 1 is 1.10 bits per heavy atom. The molecular weight excluding hydrogens is 260 g/mol. The third kappa shape index (κ3) is 4.05. The van der Waals surface area contributed by atoms with Gasteiger partial charge in [0.1, 0.15) is 11.4 Å². The number of hydrogen-bond donors (Lipinski definition) is 2. The number of carbonyl (C=O) groups excluding carboxylic acids is 2. The van der Waals surface area contributed by atoms with E-state index in [1.165, 1.54) is 18.6 Å². The number of hydrogen-bond acceptors (Lipinski definition) is 5. The van der Waals surface area contributed by atoms with E-state index in [4.69, 9.17) is 4.74 Å². The van der Waals surface area contributed by atoms with E-state index >= 15 is 0 Å². The van der Waals surface area contributed by atoms with Crippen molar-refractivity contribution in [1.29, 1.82) is 0 Å². The van der Waals surface area contributed by atoms with Gasteiger partial charge >= 0.3 is 0 Å². The maximum Gasteiger partial charge on any atom is 0.289 e. The number of carbonyl (C=O) groups is 2. The number of nitrogens with one attached hydrogen (secondary N) is 2. The van der Waals surface area contributed by atoms with E-state index < -0.39 is 11.8 Å². The quantitative estimate of drug-likeness (QED) is 0.782. The summed E-state index contributed by atoms with van der Waals surface area (Å²) in [7, 11) is 0. The summed E-state index contributed by atoms with van der Waals surface area (Å²) in [5.74, 6) is -0.458. The van der Waals surface area contributed by atoms with Crippen LogP contribution in [0.5, 0.6) is 5.75 Å². The number of para-hydroxylation sites is 1. The minimum atomic E-state index is -0.550. The van der Waals surface area contributed by atoms with Crippen LogP contribution in [0.1, 0.15) is 10.5 Å². The standard InChI is InChI=1S/C13H12N4O3/c18-12(9-20-10-4-2-1-3-5-10)16-17-13(19)11-8-14-6-7-15-11/h1-8H,9H2,(H,16,18)(H,17,19). The van der Waals surface area contributed by atoms with Crippen LogP contribution in [-0.2, 0) is 4.79 Å². The van der Waals surface area contributed by atoms with Gasteiger partial charge < -0.3 is 4.74 Å². The first-order valence-corrected chi connectivity index (χ1v) is 5.79. The fourth-order valence-corrected chi connectivity index (χ4v) is 1.31. The van der Waals surface area contributed by atoms with E-state index in [-0.39, 0.29) is 12.3 Å². The van der Waals surface area contributed by atoms with Crippen LogP contribution in [0.25, 0.3) is 0 Å². The molecule has 0 fully saturated rings. The Morgan fingerprint density at radius 2 is 1.90 bits per heavy atom. The molecule has 0 saturated carbocycles. The van der Waals surface area contributed by atoms with Crippen LogP contribution in [-0.4, -0.2) is 28.4 Å². The van der Waals surface area contributed by atoms with E-state index in [1.807, 2.05) is 6.07 Å². The molecule has 0 aliphatic rings. The van der Waals surface area contributed by atoms with Gasteiger partial charge in [0, 0.05) is 12.4 Å². The Labute approximate surface area is 115 Å². The molecule has 0 atom stereocenters. The topological polar surface area (TPSA) is 93.2 Å². The number of amides is 2. The molecule has 1 aromatic heterocycles. The van der Waals surface area contributed by atoms with Gasteiger partial charge in [-0.15, -0.1) is 0 Å². The first-order valence-electron chi connectivity index (χ1n) is 5.79. The van der Waals surface area contributed by atoms with Crippen molar-refractivity contribution in [3.05, 3.63) is 54.6 Å². The second-order valence-electron chi connectivity index (χ2n) is 3.69. The maximum atomic E-state index is 11.6. The molecule has 0 radical (unpaired) electrons. The summed E-state index contributed by atoms with van der Waals surface area (Å²) < 4.78 is 5.21. The van der Waals surface area contributed by atoms with Crippen molar-refractivity contribution in [1.82, 2.24) is 20.8 Å². The smallest absolute Gasteiger partial charge is 0.289 e. The molecule has 0 aliphatic heterocycles. The van der Waals surface area contributed by atoms with Crippen LogP contribution >= 0.6 is 0 Å². The van der Waals surface area contributed by atoms with Crippen molar-refractivity contribution in [2.24, 2.45) is 0 Å². The van der Waals surface area contributed by atoms with Crippen molar-refractivity contribution in [2.45, 2.75) is 0 Å². The highest BCUT2D eigenvalue weighted by atomic mass is 16.5. The number of nitrogens with zero attached hydrogens (tertiary/aromatic N) is 2. The van der Waals surface area contributed by atoms with Crippen LogP contribution in [0.2, 0.25) is 0 Å². The highest BCUT2D eigenvalue weighted by molar-refractivity contribution is 5.93. The van der Waals surface area contributed by atoms with Gasteiger partial charge in [0.25, 0.3) is 11.8 Å². The zero-order chi connectivity index (χ0) is 14.2. The van der Waals surface area contributed by atoms with Gasteiger partial charge in [0.05, 0.1) is 6.20 Å². The monoisotopic (exact) mass is 272 g/mol. The number of aromatic nitrogens is 2. The van der Waals surface area contributed by atoms with E-state index in [0.717, 1.165) is 0 Å². The van der Waals surface area contributed by atoms with Gasteiger partial charge in [-0.3, -0.25) is 25.4 Å². The van der Waals surface area contributed by atoms with Gasteiger partial charge in [0.15, 0.2) is 6.61 Å². The summed E-state index contributed by atoms with van der Waals surface area (Å²) in [6.45, 7) is -0.204. The highest BCUT2D eigenvalue weighted by Crippen LogP contribution is 2.07. The lowest BCUT2D eigenvalue weighted by atomic mass is 10.3. The molecule has 2 N–H and O–H groups in total. The molecule has 7 heteroatoms. The van der Waals surface area contributed by atoms with Gasteiger partial charge in [-0.05, 0) is 12.1 Å². The average molecular weight is 272 g/mol. The molecule has 0 unspecified atom stereocenters. The average Bonchev–Trinajstić information content (AvgIpc) is 2.52.